The summed E-state index contributed by atoms with van der Waals surface area (Å²) in [5.74, 6) is -4.23. The standard InChI is InChI=1S/C16H23F4NO2/c1-9(21-13(22)15(17,23-2)16(18,19)20)14-6-10-3-11(7-14)5-12(4-10)8-14/h9-12H,3-8H2,1-2H3,(H,21,22)/t9-,10?,11?,12?,14?,15-/m1/s1. The van der Waals surface area contributed by atoms with Gasteiger partial charge < -0.3 is 10.1 Å². The molecule has 0 saturated heterocycles. The smallest absolute Gasteiger partial charge is 0.348 e. The Morgan fingerprint density at radius 3 is 1.87 bits per heavy atom. The van der Waals surface area contributed by atoms with Crippen LogP contribution in [0.25, 0.3) is 0 Å². The van der Waals surface area contributed by atoms with Gasteiger partial charge in [0.15, 0.2) is 0 Å². The van der Waals surface area contributed by atoms with E-state index in [4.69, 9.17) is 0 Å². The molecule has 132 valence electrons. The summed E-state index contributed by atoms with van der Waals surface area (Å²) in [6, 6.07) is -0.490. The highest BCUT2D eigenvalue weighted by atomic mass is 19.4. The highest BCUT2D eigenvalue weighted by Crippen LogP contribution is 2.61. The molecule has 0 radical (unpaired) electrons. The van der Waals surface area contributed by atoms with Crippen LogP contribution in [0.3, 0.4) is 0 Å². The van der Waals surface area contributed by atoms with E-state index in [1.54, 1.807) is 6.92 Å². The lowest BCUT2D eigenvalue weighted by atomic mass is 9.48. The highest BCUT2D eigenvalue weighted by molar-refractivity contribution is 5.84. The van der Waals surface area contributed by atoms with E-state index in [-0.39, 0.29) is 5.41 Å². The van der Waals surface area contributed by atoms with Crippen molar-refractivity contribution in [3.63, 3.8) is 0 Å². The monoisotopic (exact) mass is 337 g/mol. The van der Waals surface area contributed by atoms with Crippen LogP contribution in [0.2, 0.25) is 0 Å². The van der Waals surface area contributed by atoms with E-state index in [9.17, 15) is 22.4 Å². The van der Waals surface area contributed by atoms with Gasteiger partial charge in [0, 0.05) is 13.2 Å². The summed E-state index contributed by atoms with van der Waals surface area (Å²) in [5.41, 5.74) is -0.190. The minimum Gasteiger partial charge on any atom is -0.348 e. The van der Waals surface area contributed by atoms with E-state index in [1.807, 2.05) is 0 Å². The molecule has 0 heterocycles. The molecule has 4 bridgehead atoms. The summed E-state index contributed by atoms with van der Waals surface area (Å²) in [4.78, 5) is 11.9. The zero-order valence-electron chi connectivity index (χ0n) is 13.4. The number of carbonyl (C=O) groups is 1. The van der Waals surface area contributed by atoms with Gasteiger partial charge in [-0.25, -0.2) is 0 Å². The van der Waals surface area contributed by atoms with Crippen molar-refractivity contribution in [2.24, 2.45) is 23.2 Å². The van der Waals surface area contributed by atoms with Crippen LogP contribution in [-0.2, 0) is 9.53 Å². The first-order valence-corrected chi connectivity index (χ1v) is 8.21. The predicted octanol–water partition coefficient (Wildman–Crippen LogP) is 3.58. The lowest BCUT2D eigenvalue weighted by Gasteiger charge is -2.59. The molecule has 1 amide bonds. The van der Waals surface area contributed by atoms with Gasteiger partial charge in [0.2, 0.25) is 0 Å². The number of carbonyl (C=O) groups excluding carboxylic acids is 1. The van der Waals surface area contributed by atoms with Crippen molar-refractivity contribution in [1.29, 1.82) is 0 Å². The molecular formula is C16H23F4NO2. The maximum Gasteiger partial charge on any atom is 0.458 e. The number of amides is 1. The molecule has 4 rings (SSSR count). The molecule has 1 N–H and O–H groups in total. The first kappa shape index (κ1) is 17.0. The second-order valence-electron chi connectivity index (χ2n) is 7.77. The third-order valence-electron chi connectivity index (χ3n) is 6.29. The van der Waals surface area contributed by atoms with E-state index in [1.165, 1.54) is 19.3 Å². The first-order chi connectivity index (χ1) is 10.6. The molecule has 7 heteroatoms. The van der Waals surface area contributed by atoms with Gasteiger partial charge in [-0.15, -0.1) is 0 Å². The van der Waals surface area contributed by atoms with Crippen LogP contribution in [0.4, 0.5) is 17.6 Å². The van der Waals surface area contributed by atoms with Crippen molar-refractivity contribution in [1.82, 2.24) is 5.32 Å². The number of ether oxygens (including phenoxy) is 1. The fraction of sp³-hybridized carbons (Fsp3) is 0.938. The zero-order valence-corrected chi connectivity index (χ0v) is 13.4. The molecule has 23 heavy (non-hydrogen) atoms. The molecule has 4 fully saturated rings. The first-order valence-electron chi connectivity index (χ1n) is 8.21. The Hall–Kier alpha value is -0.850. The van der Waals surface area contributed by atoms with E-state index in [0.717, 1.165) is 19.3 Å². The van der Waals surface area contributed by atoms with E-state index < -0.39 is 24.0 Å². The molecule has 0 aromatic rings. The Morgan fingerprint density at radius 2 is 1.52 bits per heavy atom. The summed E-state index contributed by atoms with van der Waals surface area (Å²) in [5, 5.41) is 2.28. The Balaban J connectivity index is 1.74. The lowest BCUT2D eigenvalue weighted by Crippen LogP contribution is -2.61. The van der Waals surface area contributed by atoms with Gasteiger partial charge in [-0.3, -0.25) is 4.79 Å². The number of hydrogen-bond acceptors (Lipinski definition) is 2. The zero-order chi connectivity index (χ0) is 17.0. The van der Waals surface area contributed by atoms with Crippen LogP contribution in [0.15, 0.2) is 0 Å². The Kier molecular flexibility index (Phi) is 3.93. The minimum absolute atomic E-state index is 0.190. The SMILES string of the molecule is CO[C@](F)(C(=O)N[C@H](C)C12CC3CC(CC(C3)C1)C2)C(F)(F)F. The maximum absolute atomic E-state index is 14.0. The van der Waals surface area contributed by atoms with Crippen molar-refractivity contribution in [2.45, 2.75) is 63.5 Å². The molecule has 0 aromatic carbocycles. The molecule has 4 saturated carbocycles. The van der Waals surface area contributed by atoms with Gasteiger partial charge in [0.05, 0.1) is 0 Å². The normalized spacial score (nSPS) is 39.8. The van der Waals surface area contributed by atoms with E-state index in [0.29, 0.717) is 24.9 Å². The molecular weight excluding hydrogens is 314 g/mol. The minimum atomic E-state index is -5.40. The molecule has 3 nitrogen and oxygen atoms in total. The highest BCUT2D eigenvalue weighted by Gasteiger charge is 2.64. The average Bonchev–Trinajstić information content (AvgIpc) is 2.43. The van der Waals surface area contributed by atoms with Gasteiger partial charge >= 0.3 is 12.0 Å². The van der Waals surface area contributed by atoms with Crippen molar-refractivity contribution >= 4 is 5.91 Å². The number of methoxy groups -OCH3 is 1. The topological polar surface area (TPSA) is 38.3 Å². The Bertz CT molecular complexity index is 458. The largest absolute Gasteiger partial charge is 0.458 e. The summed E-state index contributed by atoms with van der Waals surface area (Å²) in [6.45, 7) is 1.71. The van der Waals surface area contributed by atoms with Gasteiger partial charge in [-0.05, 0) is 68.6 Å². The van der Waals surface area contributed by atoms with Crippen molar-refractivity contribution in [2.75, 3.05) is 7.11 Å². The maximum atomic E-state index is 14.0. The molecule has 4 aliphatic carbocycles. The Morgan fingerprint density at radius 1 is 1.09 bits per heavy atom. The van der Waals surface area contributed by atoms with Crippen LogP contribution in [0.1, 0.15) is 45.4 Å². The summed E-state index contributed by atoms with van der Waals surface area (Å²) in [7, 11) is 0.558. The third kappa shape index (κ3) is 2.65. The molecule has 4 aliphatic rings. The quantitative estimate of drug-likeness (QED) is 0.796. The summed E-state index contributed by atoms with van der Waals surface area (Å²) < 4.78 is 56.3. The number of rotatable bonds is 4. The van der Waals surface area contributed by atoms with Crippen LogP contribution in [-0.4, -0.2) is 31.1 Å². The van der Waals surface area contributed by atoms with E-state index in [2.05, 4.69) is 10.1 Å². The summed E-state index contributed by atoms with van der Waals surface area (Å²) >= 11 is 0. The van der Waals surface area contributed by atoms with Crippen LogP contribution in [0, 0.1) is 23.2 Å². The van der Waals surface area contributed by atoms with Crippen LogP contribution in [0.5, 0.6) is 0 Å². The number of nitrogens with one attached hydrogen (secondary N) is 1. The fourth-order valence-corrected chi connectivity index (χ4v) is 5.49. The number of alkyl halides is 4. The molecule has 0 spiro atoms. The molecule has 0 unspecified atom stereocenters. The second-order valence-corrected chi connectivity index (χ2v) is 7.77. The van der Waals surface area contributed by atoms with Crippen LogP contribution >= 0.6 is 0 Å². The van der Waals surface area contributed by atoms with Gasteiger partial charge in [0.25, 0.3) is 5.91 Å². The second kappa shape index (κ2) is 5.33. The molecule has 2 atom stereocenters. The summed E-state index contributed by atoms with van der Waals surface area (Å²) in [6.07, 6.45) is 0.915. The molecule has 0 aliphatic heterocycles. The number of halogens is 4. The van der Waals surface area contributed by atoms with Crippen LogP contribution < -0.4 is 5.32 Å². The van der Waals surface area contributed by atoms with Gasteiger partial charge in [-0.1, -0.05) is 0 Å². The van der Waals surface area contributed by atoms with Crippen molar-refractivity contribution < 1.29 is 27.1 Å². The average molecular weight is 337 g/mol. The van der Waals surface area contributed by atoms with Gasteiger partial charge in [-0.2, -0.15) is 17.6 Å². The van der Waals surface area contributed by atoms with Crippen molar-refractivity contribution in [3.05, 3.63) is 0 Å². The van der Waals surface area contributed by atoms with Crippen molar-refractivity contribution in [3.8, 4) is 0 Å². The lowest BCUT2D eigenvalue weighted by molar-refractivity contribution is -0.308. The van der Waals surface area contributed by atoms with E-state index >= 15 is 0 Å². The molecule has 0 aromatic heterocycles. The third-order valence-corrected chi connectivity index (χ3v) is 6.29. The predicted molar refractivity (Wildman–Crippen MR) is 75.1 cm³/mol. The number of hydrogen-bond donors (Lipinski definition) is 1. The Labute approximate surface area is 133 Å². The fourth-order valence-electron chi connectivity index (χ4n) is 5.49. The van der Waals surface area contributed by atoms with Gasteiger partial charge in [0.1, 0.15) is 0 Å².